The summed E-state index contributed by atoms with van der Waals surface area (Å²) < 4.78 is 31.7. The second-order valence-electron chi connectivity index (χ2n) is 6.51. The number of nitrogens with one attached hydrogen (secondary N) is 1. The largest absolute Gasteiger partial charge is 0.481 e. The summed E-state index contributed by atoms with van der Waals surface area (Å²) in [6.45, 7) is 1.70. The Morgan fingerprint density at radius 2 is 1.73 bits per heavy atom. The van der Waals surface area contributed by atoms with Crippen molar-refractivity contribution in [1.29, 1.82) is 0 Å². The fourth-order valence-electron chi connectivity index (χ4n) is 3.14. The molecule has 0 bridgehead atoms. The highest BCUT2D eigenvalue weighted by Gasteiger charge is 2.41. The molecule has 9 heteroatoms. The Labute approximate surface area is 152 Å². The minimum atomic E-state index is -3.53. The van der Waals surface area contributed by atoms with Gasteiger partial charge < -0.3 is 15.2 Å². The van der Waals surface area contributed by atoms with Gasteiger partial charge in [0.2, 0.25) is 15.9 Å². The maximum Gasteiger partial charge on any atom is 0.307 e. The number of hydrogen-bond donors (Lipinski definition) is 2. The summed E-state index contributed by atoms with van der Waals surface area (Å²) in [4.78, 5) is 23.2. The number of carboxylic acid groups (broad SMARTS) is 1. The molecule has 2 N–H and O–H groups in total. The van der Waals surface area contributed by atoms with Crippen molar-refractivity contribution in [2.45, 2.75) is 24.3 Å². The van der Waals surface area contributed by atoms with E-state index in [4.69, 9.17) is 9.84 Å². The van der Waals surface area contributed by atoms with Crippen molar-refractivity contribution < 1.29 is 27.9 Å². The lowest BCUT2D eigenvalue weighted by Gasteiger charge is -2.31. The summed E-state index contributed by atoms with van der Waals surface area (Å²) in [6, 6.07) is 6.36. The van der Waals surface area contributed by atoms with Crippen molar-refractivity contribution in [1.82, 2.24) is 9.62 Å². The van der Waals surface area contributed by atoms with Gasteiger partial charge in [0.05, 0.1) is 29.9 Å². The van der Waals surface area contributed by atoms with Gasteiger partial charge in [-0.25, -0.2) is 8.42 Å². The Balaban J connectivity index is 1.58. The normalized spacial score (nSPS) is 23.8. The molecule has 1 aliphatic heterocycles. The van der Waals surface area contributed by atoms with Crippen molar-refractivity contribution in [2.75, 3.05) is 26.3 Å². The monoisotopic (exact) mass is 382 g/mol. The molecule has 1 amide bonds. The molecule has 0 spiro atoms. The Hall–Kier alpha value is -1.97. The number of ether oxygens (including phenoxy) is 1. The number of rotatable bonds is 6. The molecule has 1 aromatic rings. The molecule has 2 fully saturated rings. The third-order valence-electron chi connectivity index (χ3n) is 4.93. The van der Waals surface area contributed by atoms with Gasteiger partial charge in [-0.1, -0.05) is 12.1 Å². The molecule has 1 saturated heterocycles. The fourth-order valence-corrected chi connectivity index (χ4v) is 4.55. The minimum Gasteiger partial charge on any atom is -0.481 e. The summed E-state index contributed by atoms with van der Waals surface area (Å²) in [5.41, 5.74) is 0.755. The molecule has 1 heterocycles. The number of carbonyl (C=O) groups excluding carboxylic acids is 1. The first kappa shape index (κ1) is 18.8. The van der Waals surface area contributed by atoms with Crippen LogP contribution in [0.15, 0.2) is 29.2 Å². The topological polar surface area (TPSA) is 113 Å². The highest BCUT2D eigenvalue weighted by atomic mass is 32.2. The van der Waals surface area contributed by atoms with Crippen LogP contribution in [0.25, 0.3) is 0 Å². The van der Waals surface area contributed by atoms with Crippen LogP contribution in [0.1, 0.15) is 18.4 Å². The van der Waals surface area contributed by atoms with E-state index in [9.17, 15) is 18.0 Å². The molecule has 1 saturated carbocycles. The molecule has 2 aliphatic rings. The third kappa shape index (κ3) is 3.89. The van der Waals surface area contributed by atoms with Crippen molar-refractivity contribution in [3.8, 4) is 0 Å². The molecular formula is C17H22N2O6S. The van der Waals surface area contributed by atoms with Crippen LogP contribution in [-0.2, 0) is 30.9 Å². The van der Waals surface area contributed by atoms with Gasteiger partial charge in [-0.2, -0.15) is 4.31 Å². The second-order valence-corrected chi connectivity index (χ2v) is 8.44. The highest BCUT2D eigenvalue weighted by Crippen LogP contribution is 2.34. The van der Waals surface area contributed by atoms with Gasteiger partial charge in [-0.05, 0) is 30.5 Å². The van der Waals surface area contributed by atoms with Crippen LogP contribution >= 0.6 is 0 Å². The van der Waals surface area contributed by atoms with Gasteiger partial charge >= 0.3 is 5.97 Å². The number of carboxylic acids is 1. The van der Waals surface area contributed by atoms with Crippen molar-refractivity contribution >= 4 is 21.9 Å². The molecular weight excluding hydrogens is 360 g/mol. The van der Waals surface area contributed by atoms with E-state index in [-0.39, 0.29) is 17.3 Å². The first-order chi connectivity index (χ1) is 12.4. The van der Waals surface area contributed by atoms with Crippen LogP contribution in [0.2, 0.25) is 0 Å². The fraction of sp³-hybridized carbons (Fsp3) is 0.529. The quantitative estimate of drug-likeness (QED) is 0.738. The van der Waals surface area contributed by atoms with E-state index < -0.39 is 27.8 Å². The molecule has 142 valence electrons. The Kier molecular flexibility index (Phi) is 5.59. The van der Waals surface area contributed by atoms with E-state index in [2.05, 4.69) is 5.32 Å². The van der Waals surface area contributed by atoms with Crippen molar-refractivity contribution in [3.63, 3.8) is 0 Å². The molecule has 2 unspecified atom stereocenters. The molecule has 26 heavy (non-hydrogen) atoms. The smallest absolute Gasteiger partial charge is 0.307 e. The van der Waals surface area contributed by atoms with E-state index in [0.29, 0.717) is 39.1 Å². The van der Waals surface area contributed by atoms with Crippen molar-refractivity contribution in [2.24, 2.45) is 11.8 Å². The number of amides is 1. The van der Waals surface area contributed by atoms with Gasteiger partial charge in [-0.15, -0.1) is 0 Å². The summed E-state index contributed by atoms with van der Waals surface area (Å²) >= 11 is 0. The zero-order valence-corrected chi connectivity index (χ0v) is 15.1. The average molecular weight is 382 g/mol. The molecule has 8 nitrogen and oxygen atoms in total. The summed E-state index contributed by atoms with van der Waals surface area (Å²) in [7, 11) is -3.53. The second kappa shape index (κ2) is 7.73. The average Bonchev–Trinajstić information content (AvgIpc) is 2.59. The lowest BCUT2D eigenvalue weighted by molar-refractivity contribution is -0.152. The van der Waals surface area contributed by atoms with Gasteiger partial charge in [0, 0.05) is 19.6 Å². The Morgan fingerprint density at radius 3 is 2.27 bits per heavy atom. The Bertz CT molecular complexity index is 771. The standard InChI is InChI=1S/C17H22N2O6S/c20-16(14-5-6-15(14)17(21)22)18-11-12-1-3-13(4-2-12)26(23,24)19-7-9-25-10-8-19/h1-4,14-15H,5-11H2,(H,18,20)(H,21,22). The van der Waals surface area contributed by atoms with Crippen LogP contribution in [0, 0.1) is 11.8 Å². The van der Waals surface area contributed by atoms with Crippen LogP contribution < -0.4 is 5.32 Å². The summed E-state index contributed by atoms with van der Waals surface area (Å²) in [5, 5.41) is 11.7. The number of aliphatic carboxylic acids is 1. The first-order valence-corrected chi connectivity index (χ1v) is 10.0. The molecule has 2 atom stereocenters. The predicted octanol–water partition coefficient (Wildman–Crippen LogP) is 0.435. The number of morpholine rings is 1. The zero-order chi connectivity index (χ0) is 18.7. The lowest BCUT2D eigenvalue weighted by Crippen LogP contribution is -2.43. The first-order valence-electron chi connectivity index (χ1n) is 8.57. The van der Waals surface area contributed by atoms with Crippen LogP contribution in [0.3, 0.4) is 0 Å². The minimum absolute atomic E-state index is 0.208. The zero-order valence-electron chi connectivity index (χ0n) is 14.3. The molecule has 0 radical (unpaired) electrons. The predicted molar refractivity (Wildman–Crippen MR) is 91.7 cm³/mol. The van der Waals surface area contributed by atoms with E-state index in [1.54, 1.807) is 12.1 Å². The van der Waals surface area contributed by atoms with E-state index >= 15 is 0 Å². The number of hydrogen-bond acceptors (Lipinski definition) is 5. The molecule has 1 aromatic carbocycles. The lowest BCUT2D eigenvalue weighted by atomic mass is 9.73. The number of carbonyl (C=O) groups is 2. The summed E-state index contributed by atoms with van der Waals surface area (Å²) in [5.74, 6) is -2.28. The van der Waals surface area contributed by atoms with E-state index in [1.807, 2.05) is 0 Å². The van der Waals surface area contributed by atoms with Crippen LogP contribution in [0.5, 0.6) is 0 Å². The van der Waals surface area contributed by atoms with Gasteiger partial charge in [0.1, 0.15) is 0 Å². The van der Waals surface area contributed by atoms with Gasteiger partial charge in [-0.3, -0.25) is 9.59 Å². The third-order valence-corrected chi connectivity index (χ3v) is 6.84. The van der Waals surface area contributed by atoms with Crippen molar-refractivity contribution in [3.05, 3.63) is 29.8 Å². The van der Waals surface area contributed by atoms with Crippen LogP contribution in [0.4, 0.5) is 0 Å². The number of nitrogens with zero attached hydrogens (tertiary/aromatic N) is 1. The summed E-state index contributed by atoms with van der Waals surface area (Å²) in [6.07, 6.45) is 1.11. The maximum atomic E-state index is 12.5. The molecule has 3 rings (SSSR count). The SMILES string of the molecule is O=C(O)C1CCC1C(=O)NCc1ccc(S(=O)(=O)N2CCOCC2)cc1. The van der Waals surface area contributed by atoms with Crippen LogP contribution in [-0.4, -0.2) is 56.0 Å². The molecule has 0 aromatic heterocycles. The van der Waals surface area contributed by atoms with Gasteiger partial charge in [0.15, 0.2) is 0 Å². The Morgan fingerprint density at radius 1 is 1.12 bits per heavy atom. The molecule has 1 aliphatic carbocycles. The highest BCUT2D eigenvalue weighted by molar-refractivity contribution is 7.89. The van der Waals surface area contributed by atoms with E-state index in [1.165, 1.54) is 16.4 Å². The van der Waals surface area contributed by atoms with Gasteiger partial charge in [0.25, 0.3) is 0 Å². The maximum absolute atomic E-state index is 12.5. The number of benzene rings is 1. The number of sulfonamides is 1. The van der Waals surface area contributed by atoms with E-state index in [0.717, 1.165) is 5.56 Å².